The van der Waals surface area contributed by atoms with Crippen molar-refractivity contribution in [1.82, 2.24) is 15.4 Å². The zero-order valence-corrected chi connectivity index (χ0v) is 17.8. The van der Waals surface area contributed by atoms with Crippen LogP contribution in [-0.2, 0) is 9.59 Å². The van der Waals surface area contributed by atoms with E-state index in [1.807, 2.05) is 56.3 Å². The summed E-state index contributed by atoms with van der Waals surface area (Å²) in [6, 6.07) is 17.0. The zero-order chi connectivity index (χ0) is 22.8. The van der Waals surface area contributed by atoms with Gasteiger partial charge in [-0.25, -0.2) is 9.80 Å². The van der Waals surface area contributed by atoms with Crippen LogP contribution in [0.4, 0.5) is 5.69 Å². The molecule has 164 valence electrons. The molecule has 3 aromatic rings. The van der Waals surface area contributed by atoms with Gasteiger partial charge in [-0.15, -0.1) is 0 Å². The first kappa shape index (κ1) is 21.5. The van der Waals surface area contributed by atoms with Crippen molar-refractivity contribution >= 4 is 28.5 Å². The number of rotatable bonds is 6. The Morgan fingerprint density at radius 2 is 1.88 bits per heavy atom. The van der Waals surface area contributed by atoms with Crippen molar-refractivity contribution in [2.45, 2.75) is 32.0 Å². The molecule has 1 aliphatic rings. The first-order valence-electron chi connectivity index (χ1n) is 10.4. The first-order chi connectivity index (χ1) is 15.4. The molecule has 8 heteroatoms. The second-order valence-corrected chi connectivity index (χ2v) is 7.86. The van der Waals surface area contributed by atoms with E-state index in [2.05, 4.69) is 15.7 Å². The van der Waals surface area contributed by atoms with Crippen LogP contribution < -0.4 is 16.5 Å². The molecule has 1 aromatic heterocycles. The molecule has 32 heavy (non-hydrogen) atoms. The lowest BCUT2D eigenvalue weighted by molar-refractivity contribution is -0.137. The van der Waals surface area contributed by atoms with Crippen molar-refractivity contribution in [2.24, 2.45) is 5.73 Å². The lowest BCUT2D eigenvalue weighted by Crippen LogP contribution is -2.59. The normalized spacial score (nSPS) is 18.8. The van der Waals surface area contributed by atoms with Gasteiger partial charge in [0.05, 0.1) is 17.1 Å². The van der Waals surface area contributed by atoms with Crippen LogP contribution >= 0.6 is 0 Å². The molecule has 2 heterocycles. The number of hydrogen-bond acceptors (Lipinski definition) is 6. The van der Waals surface area contributed by atoms with Gasteiger partial charge in [0, 0.05) is 29.4 Å². The van der Waals surface area contributed by atoms with E-state index < -0.39 is 17.9 Å². The van der Waals surface area contributed by atoms with Crippen molar-refractivity contribution < 1.29 is 14.7 Å². The smallest absolute Gasteiger partial charge is 0.335 e. The van der Waals surface area contributed by atoms with Gasteiger partial charge in [-0.2, -0.15) is 0 Å². The predicted molar refractivity (Wildman–Crippen MR) is 122 cm³/mol. The van der Waals surface area contributed by atoms with Crippen molar-refractivity contribution in [3.05, 3.63) is 83.7 Å². The van der Waals surface area contributed by atoms with E-state index in [1.165, 1.54) is 0 Å². The molecule has 1 aliphatic heterocycles. The molecule has 0 spiro atoms. The molecule has 0 saturated heterocycles. The van der Waals surface area contributed by atoms with E-state index in [-0.39, 0.29) is 23.4 Å². The molecule has 3 atom stereocenters. The summed E-state index contributed by atoms with van der Waals surface area (Å²) in [5, 5.41) is 15.7. The van der Waals surface area contributed by atoms with Crippen LogP contribution in [0.15, 0.2) is 78.1 Å². The number of aromatic nitrogens is 1. The Balaban J connectivity index is 1.89. The van der Waals surface area contributed by atoms with E-state index in [0.717, 1.165) is 16.5 Å². The number of benzene rings is 2. The Labute approximate surface area is 185 Å². The molecule has 5 N–H and O–H groups in total. The van der Waals surface area contributed by atoms with Crippen LogP contribution in [0.25, 0.3) is 10.9 Å². The number of amides is 1. The highest BCUT2D eigenvalue weighted by Crippen LogP contribution is 2.36. The lowest BCUT2D eigenvalue weighted by Gasteiger charge is -2.42. The van der Waals surface area contributed by atoms with Crippen molar-refractivity contribution in [3.8, 4) is 0 Å². The van der Waals surface area contributed by atoms with E-state index in [1.54, 1.807) is 29.4 Å². The van der Waals surface area contributed by atoms with Crippen LogP contribution in [0.1, 0.15) is 25.5 Å². The predicted octanol–water partition coefficient (Wildman–Crippen LogP) is 2.81. The minimum absolute atomic E-state index is 0.0177. The third kappa shape index (κ3) is 3.93. The Bertz CT molecular complexity index is 1190. The standard InChI is InChI=1S/C24H25N5O3/c1-14(25)15(2)29-22(16-8-4-3-5-9-16)20(24(31)32)21(23(30)28-29)27-19-12-6-11-18-17(19)10-7-13-26-18/h3-15,22,27H,25H2,1-2H3,(H,28,30)(H,31,32). The number of carboxylic acid groups (broad SMARTS) is 1. The van der Waals surface area contributed by atoms with E-state index >= 15 is 0 Å². The molecule has 0 bridgehead atoms. The third-order valence-corrected chi connectivity index (χ3v) is 5.73. The van der Waals surface area contributed by atoms with E-state index in [4.69, 9.17) is 5.73 Å². The van der Waals surface area contributed by atoms with Gasteiger partial charge in [-0.3, -0.25) is 15.2 Å². The highest BCUT2D eigenvalue weighted by atomic mass is 16.4. The maximum Gasteiger partial charge on any atom is 0.335 e. The fourth-order valence-electron chi connectivity index (χ4n) is 3.88. The lowest BCUT2D eigenvalue weighted by atomic mass is 9.92. The minimum Gasteiger partial charge on any atom is -0.478 e. The molecule has 0 aliphatic carbocycles. The van der Waals surface area contributed by atoms with Crippen LogP contribution in [0.5, 0.6) is 0 Å². The van der Waals surface area contributed by atoms with E-state index in [0.29, 0.717) is 5.69 Å². The Morgan fingerprint density at radius 1 is 1.12 bits per heavy atom. The summed E-state index contributed by atoms with van der Waals surface area (Å²) in [5.74, 6) is -1.72. The van der Waals surface area contributed by atoms with E-state index in [9.17, 15) is 14.7 Å². The van der Waals surface area contributed by atoms with Crippen molar-refractivity contribution in [2.75, 3.05) is 5.32 Å². The number of nitrogens with one attached hydrogen (secondary N) is 2. The number of pyridine rings is 1. The molecular formula is C24H25N5O3. The summed E-state index contributed by atoms with van der Waals surface area (Å²) in [4.78, 5) is 30.0. The van der Waals surface area contributed by atoms with Gasteiger partial charge in [-0.05, 0) is 43.7 Å². The summed E-state index contributed by atoms with van der Waals surface area (Å²) in [5.41, 5.74) is 11.0. The summed E-state index contributed by atoms with van der Waals surface area (Å²) in [7, 11) is 0. The summed E-state index contributed by atoms with van der Waals surface area (Å²) >= 11 is 0. The van der Waals surface area contributed by atoms with Crippen LogP contribution in [0, 0.1) is 0 Å². The first-order valence-corrected chi connectivity index (χ1v) is 10.4. The number of aliphatic carboxylic acids is 1. The van der Waals surface area contributed by atoms with Crippen LogP contribution in [0.2, 0.25) is 0 Å². The number of hydrogen-bond donors (Lipinski definition) is 4. The number of fused-ring (bicyclic) bond motifs is 1. The Morgan fingerprint density at radius 3 is 2.56 bits per heavy atom. The third-order valence-electron chi connectivity index (χ3n) is 5.73. The fraction of sp³-hybridized carbons (Fsp3) is 0.208. The Kier molecular flexibility index (Phi) is 5.89. The van der Waals surface area contributed by atoms with Crippen LogP contribution in [0.3, 0.4) is 0 Å². The van der Waals surface area contributed by atoms with Crippen molar-refractivity contribution in [1.29, 1.82) is 0 Å². The summed E-state index contributed by atoms with van der Waals surface area (Å²) < 4.78 is 0. The zero-order valence-electron chi connectivity index (χ0n) is 17.8. The number of carbonyl (C=O) groups excluding carboxylic acids is 1. The van der Waals surface area contributed by atoms with Gasteiger partial charge in [-0.1, -0.05) is 36.4 Å². The second-order valence-electron chi connectivity index (χ2n) is 7.86. The number of nitrogens with zero attached hydrogens (tertiary/aromatic N) is 2. The maximum absolute atomic E-state index is 13.2. The second kappa shape index (κ2) is 8.78. The molecule has 1 amide bonds. The molecule has 3 unspecified atom stereocenters. The van der Waals surface area contributed by atoms with Gasteiger partial charge in [0.25, 0.3) is 5.91 Å². The fourth-order valence-corrected chi connectivity index (χ4v) is 3.88. The largest absolute Gasteiger partial charge is 0.478 e. The highest BCUT2D eigenvalue weighted by molar-refractivity contribution is 6.07. The molecule has 4 rings (SSSR count). The number of hydrazine groups is 1. The molecule has 8 nitrogen and oxygen atoms in total. The van der Waals surface area contributed by atoms with Gasteiger partial charge >= 0.3 is 5.97 Å². The van der Waals surface area contributed by atoms with Gasteiger partial charge in [0.1, 0.15) is 5.70 Å². The van der Waals surface area contributed by atoms with Gasteiger partial charge in [0.2, 0.25) is 0 Å². The quantitative estimate of drug-likeness (QED) is 0.474. The number of nitrogens with two attached hydrogens (primary N) is 1. The van der Waals surface area contributed by atoms with Crippen molar-refractivity contribution in [3.63, 3.8) is 0 Å². The number of anilines is 1. The molecular weight excluding hydrogens is 406 g/mol. The van der Waals surface area contributed by atoms with Crippen LogP contribution in [-0.4, -0.2) is 39.1 Å². The summed E-state index contributed by atoms with van der Waals surface area (Å²) in [6.45, 7) is 3.68. The molecule has 0 radical (unpaired) electrons. The van der Waals surface area contributed by atoms with Gasteiger partial charge in [0.15, 0.2) is 0 Å². The highest BCUT2D eigenvalue weighted by Gasteiger charge is 2.41. The molecule has 2 aromatic carbocycles. The molecule has 0 saturated carbocycles. The minimum atomic E-state index is -1.18. The average molecular weight is 431 g/mol. The maximum atomic E-state index is 13.2. The average Bonchev–Trinajstić information content (AvgIpc) is 2.79. The van der Waals surface area contributed by atoms with Gasteiger partial charge < -0.3 is 16.2 Å². The SMILES string of the molecule is CC(N)C(C)N1NC(=O)C(Nc2cccc3ncccc23)=C(C(=O)O)C1c1ccccc1. The summed E-state index contributed by atoms with van der Waals surface area (Å²) in [6.07, 6.45) is 1.68. The monoisotopic (exact) mass is 431 g/mol. The molecule has 0 fully saturated rings. The topological polar surface area (TPSA) is 121 Å². The Hall–Kier alpha value is -3.75. The number of carboxylic acids is 1. The number of carbonyl (C=O) groups is 2.